The van der Waals surface area contributed by atoms with Gasteiger partial charge in [-0.2, -0.15) is 8.78 Å². The smallest absolute Gasteiger partial charge is 0.387 e. The van der Waals surface area contributed by atoms with E-state index in [1.165, 1.54) is 30.6 Å². The van der Waals surface area contributed by atoms with E-state index in [1.807, 2.05) is 0 Å². The van der Waals surface area contributed by atoms with Gasteiger partial charge >= 0.3 is 18.6 Å². The van der Waals surface area contributed by atoms with Crippen LogP contribution in [0.2, 0.25) is 10.0 Å². The van der Waals surface area contributed by atoms with Crippen LogP contribution in [0.4, 0.5) is 14.5 Å². The quantitative estimate of drug-likeness (QED) is 0.0967. The molecule has 1 unspecified atom stereocenters. The number of nitrogens with zero attached hydrogens (tertiary/aromatic N) is 3. The lowest BCUT2D eigenvalue weighted by Gasteiger charge is -2.24. The van der Waals surface area contributed by atoms with Gasteiger partial charge in [0, 0.05) is 30.4 Å². The van der Waals surface area contributed by atoms with Crippen molar-refractivity contribution < 1.29 is 46.1 Å². The first-order valence-electron chi connectivity index (χ1n) is 15.6. The fourth-order valence-electron chi connectivity index (χ4n) is 5.18. The molecule has 50 heavy (non-hydrogen) atoms. The highest BCUT2D eigenvalue weighted by molar-refractivity contribution is 7.80. The maximum absolute atomic E-state index is 13.6. The van der Waals surface area contributed by atoms with Gasteiger partial charge in [-0.25, -0.2) is 4.21 Å². The third-order valence-corrected chi connectivity index (χ3v) is 8.94. The van der Waals surface area contributed by atoms with Crippen molar-refractivity contribution in [1.82, 2.24) is 9.55 Å². The Kier molecular flexibility index (Phi) is 11.9. The number of alkyl halides is 2. The van der Waals surface area contributed by atoms with Gasteiger partial charge < -0.3 is 23.5 Å². The van der Waals surface area contributed by atoms with E-state index in [4.69, 9.17) is 37.4 Å². The second kappa shape index (κ2) is 15.9. The van der Waals surface area contributed by atoms with Gasteiger partial charge in [0.25, 0.3) is 11.3 Å². The Labute approximate surface area is 299 Å². The Bertz CT molecular complexity index is 1860. The number of esters is 2. The Balaban J connectivity index is 1.42. The molecular formula is C34H35Cl2F2N3O8S. The number of benzene rings is 2. The second-order valence-electron chi connectivity index (χ2n) is 12.6. The summed E-state index contributed by atoms with van der Waals surface area (Å²) in [5.74, 6) is -1.14. The van der Waals surface area contributed by atoms with E-state index in [-0.39, 0.29) is 40.2 Å². The van der Waals surface area contributed by atoms with E-state index in [0.717, 1.165) is 17.1 Å². The summed E-state index contributed by atoms with van der Waals surface area (Å²) < 4.78 is 73.2. The van der Waals surface area contributed by atoms with E-state index in [9.17, 15) is 27.1 Å². The minimum Gasteiger partial charge on any atom is -0.489 e. The van der Waals surface area contributed by atoms with Gasteiger partial charge in [-0.3, -0.25) is 23.4 Å². The predicted octanol–water partition coefficient (Wildman–Crippen LogP) is 7.55. The molecule has 4 aromatic rings. The highest BCUT2D eigenvalue weighted by Gasteiger charge is 2.27. The largest absolute Gasteiger partial charge is 0.489 e. The second-order valence-corrected chi connectivity index (χ2v) is 14.3. The molecule has 0 bridgehead atoms. The normalized spacial score (nSPS) is 14.3. The van der Waals surface area contributed by atoms with Crippen molar-refractivity contribution in [2.24, 2.45) is 5.92 Å². The average Bonchev–Trinajstić information content (AvgIpc) is 3.78. The topological polar surface area (TPSA) is 129 Å². The lowest BCUT2D eigenvalue weighted by Crippen LogP contribution is -2.36. The van der Waals surface area contributed by atoms with Crippen molar-refractivity contribution >= 4 is 63.0 Å². The van der Waals surface area contributed by atoms with Gasteiger partial charge in [-0.15, -0.1) is 0 Å². The van der Waals surface area contributed by atoms with Crippen LogP contribution in [-0.2, 0) is 43.3 Å². The molecule has 2 aromatic carbocycles. The number of carbonyl (C=O) groups is 2. The van der Waals surface area contributed by atoms with Crippen LogP contribution in [-0.4, -0.2) is 55.6 Å². The number of halogens is 4. The van der Waals surface area contributed by atoms with Crippen LogP contribution < -0.4 is 13.8 Å². The molecule has 0 aliphatic heterocycles. The van der Waals surface area contributed by atoms with Crippen molar-refractivity contribution in [3.63, 3.8) is 0 Å². The monoisotopic (exact) mass is 753 g/mol. The molecule has 0 spiro atoms. The Morgan fingerprint density at radius 2 is 1.80 bits per heavy atom. The van der Waals surface area contributed by atoms with E-state index in [2.05, 4.69) is 9.72 Å². The molecule has 0 amide bonds. The minimum absolute atomic E-state index is 0.0154. The molecule has 1 aliphatic carbocycles. The minimum atomic E-state index is -3.08. The third-order valence-electron chi connectivity index (χ3n) is 7.58. The van der Waals surface area contributed by atoms with Crippen molar-refractivity contribution in [2.45, 2.75) is 64.9 Å². The average molecular weight is 755 g/mol. The Morgan fingerprint density at radius 1 is 1.08 bits per heavy atom. The molecule has 1 aliphatic rings. The number of rotatable bonds is 15. The van der Waals surface area contributed by atoms with E-state index >= 15 is 0 Å². The molecule has 0 saturated heterocycles. The summed E-state index contributed by atoms with van der Waals surface area (Å²) >= 11 is 10.3. The number of pyridine rings is 1. The van der Waals surface area contributed by atoms with Gasteiger partial charge in [0.15, 0.2) is 11.5 Å². The number of hydrogen-bond acceptors (Lipinski definition) is 8. The molecule has 268 valence electrons. The zero-order valence-corrected chi connectivity index (χ0v) is 29.6. The van der Waals surface area contributed by atoms with E-state index in [1.54, 1.807) is 55.8 Å². The third kappa shape index (κ3) is 9.83. The number of carbonyl (C=O) groups excluding carboxylic acids is 2. The highest BCUT2D eigenvalue weighted by atomic mass is 35.5. The number of ether oxygens (including phenoxy) is 4. The first-order chi connectivity index (χ1) is 23.7. The summed E-state index contributed by atoms with van der Waals surface area (Å²) in [6.07, 6.45) is 5.37. The molecule has 2 atom stereocenters. The van der Waals surface area contributed by atoms with Crippen molar-refractivity contribution in [1.29, 1.82) is 0 Å². The van der Waals surface area contributed by atoms with Gasteiger partial charge in [-0.05, 0) is 81.0 Å². The summed E-state index contributed by atoms with van der Waals surface area (Å²) in [5, 5.41) is 0.968. The molecule has 5 rings (SSSR count). The fourth-order valence-corrected chi connectivity index (χ4v) is 6.24. The van der Waals surface area contributed by atoms with Gasteiger partial charge in [0.1, 0.15) is 24.8 Å². The van der Waals surface area contributed by atoms with Crippen LogP contribution in [0.15, 0.2) is 61.1 Å². The molecule has 11 nitrogen and oxygen atoms in total. The lowest BCUT2D eigenvalue weighted by molar-refractivity contribution is -0.153. The fraction of sp³-hybridized carbons (Fsp3) is 0.382. The number of fused-ring (bicyclic) bond motifs is 1. The highest BCUT2D eigenvalue weighted by Crippen LogP contribution is 2.38. The van der Waals surface area contributed by atoms with Gasteiger partial charge in [-0.1, -0.05) is 35.3 Å². The molecule has 2 aromatic heterocycles. The van der Waals surface area contributed by atoms with Crippen LogP contribution in [0.5, 0.6) is 11.5 Å². The number of hydrogen-bond donors (Lipinski definition) is 1. The Morgan fingerprint density at radius 3 is 2.44 bits per heavy atom. The predicted molar refractivity (Wildman–Crippen MR) is 184 cm³/mol. The number of aromatic nitrogens is 2. The molecule has 16 heteroatoms. The van der Waals surface area contributed by atoms with Crippen LogP contribution >= 0.6 is 23.2 Å². The standard InChI is InChI=1S/C34H35Cl2F2N3O8S/c1-34(2,3)49-32(43)18-41(50(44)45)27-6-4-5-26-22(27)11-12-40(26)17-31(42)47-29(14-23-24(35)15-39-16-25(23)36)21-9-10-28(48-33(37)38)30(13-21)46-19-20-7-8-20/h4-6,9-13,15-16,20,29,33H,7-8,14,17-19H2,1-3H3,(H,44,45)/t29-/m0/s1. The SMILES string of the molecule is CC(C)(C)OC(=O)CN(c1cccc2c1ccn2CC(=O)O[C@@H](Cc1c(Cl)cncc1Cl)c1ccc(OC(F)F)c(OCC2CC2)c1)S(=O)O. The summed E-state index contributed by atoms with van der Waals surface area (Å²) in [4.78, 5) is 30.1. The molecular weight excluding hydrogens is 719 g/mol. The Hall–Kier alpha value is -3.98. The summed E-state index contributed by atoms with van der Waals surface area (Å²) in [6.45, 7) is 1.52. The van der Waals surface area contributed by atoms with Crippen molar-refractivity contribution in [3.05, 3.63) is 82.2 Å². The maximum atomic E-state index is 13.6. The molecule has 1 saturated carbocycles. The summed E-state index contributed by atoms with van der Waals surface area (Å²) in [7, 11) is 0. The van der Waals surface area contributed by atoms with E-state index < -0.39 is 48.1 Å². The molecule has 2 heterocycles. The lowest BCUT2D eigenvalue weighted by atomic mass is 10.0. The zero-order valence-electron chi connectivity index (χ0n) is 27.3. The van der Waals surface area contributed by atoms with Crippen molar-refractivity contribution in [2.75, 3.05) is 17.5 Å². The summed E-state index contributed by atoms with van der Waals surface area (Å²) in [6, 6.07) is 10.9. The maximum Gasteiger partial charge on any atom is 0.387 e. The first-order valence-corrected chi connectivity index (χ1v) is 17.4. The van der Waals surface area contributed by atoms with E-state index in [0.29, 0.717) is 34.6 Å². The summed E-state index contributed by atoms with van der Waals surface area (Å²) in [5.41, 5.74) is 0.852. The van der Waals surface area contributed by atoms with Gasteiger partial charge in [0.05, 0.1) is 27.9 Å². The van der Waals surface area contributed by atoms with Gasteiger partial charge in [0.2, 0.25) is 0 Å². The molecule has 0 radical (unpaired) electrons. The molecule has 1 N–H and O–H groups in total. The van der Waals surface area contributed by atoms with Crippen molar-refractivity contribution in [3.8, 4) is 11.5 Å². The first kappa shape index (κ1) is 37.3. The van der Waals surface area contributed by atoms with Crippen LogP contribution in [0.25, 0.3) is 10.9 Å². The molecule has 1 fully saturated rings. The van der Waals surface area contributed by atoms with Crippen LogP contribution in [0, 0.1) is 5.92 Å². The van der Waals surface area contributed by atoms with Crippen LogP contribution in [0.3, 0.4) is 0 Å². The number of anilines is 1. The van der Waals surface area contributed by atoms with Crippen LogP contribution in [0.1, 0.15) is 50.8 Å². The zero-order chi connectivity index (χ0) is 36.2.